The molecule has 1 fully saturated rings. The van der Waals surface area contributed by atoms with Gasteiger partial charge in [0.1, 0.15) is 0 Å². The van der Waals surface area contributed by atoms with Gasteiger partial charge < -0.3 is 9.88 Å². The number of rotatable bonds is 4. The van der Waals surface area contributed by atoms with E-state index in [-0.39, 0.29) is 17.2 Å². The summed E-state index contributed by atoms with van der Waals surface area (Å²) in [4.78, 5) is 12.3. The molecule has 1 aromatic rings. The van der Waals surface area contributed by atoms with E-state index in [0.29, 0.717) is 17.2 Å². The third-order valence-electron chi connectivity index (χ3n) is 4.10. The van der Waals surface area contributed by atoms with E-state index in [2.05, 4.69) is 49.3 Å². The third kappa shape index (κ3) is 2.70. The molecule has 0 saturated heterocycles. The number of H-pyrrole nitrogens is 1. The quantitative estimate of drug-likeness (QED) is 0.662. The van der Waals surface area contributed by atoms with Crippen LogP contribution < -0.4 is 5.32 Å². The molecule has 0 spiro atoms. The Morgan fingerprint density at radius 3 is 2.70 bits per heavy atom. The van der Waals surface area contributed by atoms with Gasteiger partial charge >= 0.3 is 0 Å². The van der Waals surface area contributed by atoms with Crippen molar-refractivity contribution in [3.63, 3.8) is 0 Å². The first-order valence-electron chi connectivity index (χ1n) is 6.78. The lowest BCUT2D eigenvalue weighted by Crippen LogP contribution is -2.27. The van der Waals surface area contributed by atoms with Crippen molar-refractivity contribution in [2.45, 2.75) is 34.2 Å². The maximum atomic E-state index is 12.3. The molecule has 1 aromatic heterocycles. The number of carbonyl (C=O) groups excluding carboxylic acids is 1. The van der Waals surface area contributed by atoms with E-state index in [1.807, 2.05) is 7.05 Å². The van der Waals surface area contributed by atoms with Gasteiger partial charge in [0, 0.05) is 7.05 Å². The van der Waals surface area contributed by atoms with Crippen molar-refractivity contribution in [1.82, 2.24) is 20.1 Å². The van der Waals surface area contributed by atoms with Gasteiger partial charge in [0.2, 0.25) is 5.91 Å². The molecular formula is C14H22N4OS. The third-order valence-corrected chi connectivity index (χ3v) is 4.46. The first-order chi connectivity index (χ1) is 9.25. The van der Waals surface area contributed by atoms with E-state index in [0.717, 1.165) is 5.82 Å². The molecule has 1 amide bonds. The van der Waals surface area contributed by atoms with Gasteiger partial charge in [0.15, 0.2) is 10.6 Å². The van der Waals surface area contributed by atoms with Crippen molar-refractivity contribution in [3.8, 4) is 0 Å². The summed E-state index contributed by atoms with van der Waals surface area (Å²) in [6, 6.07) is 0. The fourth-order valence-electron chi connectivity index (χ4n) is 2.66. The van der Waals surface area contributed by atoms with Crippen LogP contribution >= 0.6 is 12.2 Å². The standard InChI is InChI=1S/C14H22N4OS/c1-8(2)6-9-11(14(9,3)4)12(19)15-7-10-16-17-13(20)18(10)5/h6,9,11H,7H2,1-5H3,(H,15,19)(H,17,20). The molecule has 1 aliphatic rings. The molecule has 2 rings (SSSR count). The summed E-state index contributed by atoms with van der Waals surface area (Å²) in [6.07, 6.45) is 2.19. The Kier molecular flexibility index (Phi) is 3.86. The first kappa shape index (κ1) is 15.0. The Balaban J connectivity index is 1.98. The molecule has 2 atom stereocenters. The minimum absolute atomic E-state index is 0.0400. The minimum Gasteiger partial charge on any atom is -0.349 e. The fraction of sp³-hybridized carbons (Fsp3) is 0.643. The maximum absolute atomic E-state index is 12.3. The minimum atomic E-state index is 0.0400. The highest BCUT2D eigenvalue weighted by molar-refractivity contribution is 7.71. The summed E-state index contributed by atoms with van der Waals surface area (Å²) < 4.78 is 2.32. The number of aromatic amines is 1. The zero-order valence-electron chi connectivity index (χ0n) is 12.7. The van der Waals surface area contributed by atoms with E-state index in [9.17, 15) is 4.79 Å². The lowest BCUT2D eigenvalue weighted by molar-refractivity contribution is -0.123. The molecule has 110 valence electrons. The molecule has 0 aliphatic heterocycles. The number of hydrogen-bond donors (Lipinski definition) is 2. The van der Waals surface area contributed by atoms with Crippen molar-refractivity contribution in [3.05, 3.63) is 22.2 Å². The molecule has 2 unspecified atom stereocenters. The van der Waals surface area contributed by atoms with Gasteiger partial charge in [-0.2, -0.15) is 5.10 Å². The number of nitrogens with zero attached hydrogens (tertiary/aromatic N) is 2. The molecule has 1 heterocycles. The van der Waals surface area contributed by atoms with Crippen LogP contribution in [0.2, 0.25) is 0 Å². The topological polar surface area (TPSA) is 62.7 Å². The van der Waals surface area contributed by atoms with E-state index >= 15 is 0 Å². The largest absolute Gasteiger partial charge is 0.349 e. The molecule has 20 heavy (non-hydrogen) atoms. The van der Waals surface area contributed by atoms with Crippen molar-refractivity contribution in [2.75, 3.05) is 0 Å². The van der Waals surface area contributed by atoms with Crippen LogP contribution in [0.1, 0.15) is 33.5 Å². The fourth-order valence-corrected chi connectivity index (χ4v) is 2.81. The van der Waals surface area contributed by atoms with Crippen molar-refractivity contribution in [1.29, 1.82) is 0 Å². The zero-order chi connectivity index (χ0) is 15.1. The average molecular weight is 294 g/mol. The predicted octanol–water partition coefficient (Wildman–Crippen LogP) is 2.33. The zero-order valence-corrected chi connectivity index (χ0v) is 13.5. The van der Waals surface area contributed by atoms with Crippen LogP contribution in [0.25, 0.3) is 0 Å². The van der Waals surface area contributed by atoms with Gasteiger partial charge in [-0.25, -0.2) is 0 Å². The van der Waals surface area contributed by atoms with Crippen molar-refractivity contribution >= 4 is 18.1 Å². The van der Waals surface area contributed by atoms with E-state index in [4.69, 9.17) is 12.2 Å². The number of nitrogens with one attached hydrogen (secondary N) is 2. The summed E-state index contributed by atoms with van der Waals surface area (Å²) in [6.45, 7) is 8.81. The Labute approximate surface area is 124 Å². The summed E-state index contributed by atoms with van der Waals surface area (Å²) in [5.41, 5.74) is 1.30. The molecule has 0 radical (unpaired) electrons. The lowest BCUT2D eigenvalue weighted by atomic mass is 10.1. The highest BCUT2D eigenvalue weighted by Crippen LogP contribution is 2.59. The van der Waals surface area contributed by atoms with Crippen LogP contribution in [0, 0.1) is 22.0 Å². The molecule has 2 N–H and O–H groups in total. The second kappa shape index (κ2) is 5.16. The smallest absolute Gasteiger partial charge is 0.224 e. The Morgan fingerprint density at radius 2 is 2.20 bits per heavy atom. The summed E-state index contributed by atoms with van der Waals surface area (Å²) in [7, 11) is 1.83. The SMILES string of the molecule is CC(C)=CC1C(C(=O)NCc2n[nH]c(=S)n2C)C1(C)C. The van der Waals surface area contributed by atoms with Crippen LogP contribution in [0.4, 0.5) is 0 Å². The van der Waals surface area contributed by atoms with Crippen LogP contribution in [-0.4, -0.2) is 20.7 Å². The maximum Gasteiger partial charge on any atom is 0.224 e. The van der Waals surface area contributed by atoms with E-state index in [1.165, 1.54) is 5.57 Å². The number of allylic oxidation sites excluding steroid dienone is 2. The summed E-state index contributed by atoms with van der Waals surface area (Å²) in [5.74, 6) is 1.20. The predicted molar refractivity (Wildman–Crippen MR) is 80.4 cm³/mol. The number of amides is 1. The number of hydrogen-bond acceptors (Lipinski definition) is 3. The second-order valence-corrected chi connectivity index (χ2v) is 6.68. The Hall–Kier alpha value is -1.43. The van der Waals surface area contributed by atoms with E-state index < -0.39 is 0 Å². The van der Waals surface area contributed by atoms with Gasteiger partial charge in [-0.3, -0.25) is 9.89 Å². The van der Waals surface area contributed by atoms with Gasteiger partial charge in [-0.15, -0.1) is 0 Å². The lowest BCUT2D eigenvalue weighted by Gasteiger charge is -2.05. The number of carbonyl (C=O) groups is 1. The highest BCUT2D eigenvalue weighted by Gasteiger charge is 2.60. The highest BCUT2D eigenvalue weighted by atomic mass is 32.1. The van der Waals surface area contributed by atoms with Crippen molar-refractivity contribution in [2.24, 2.45) is 24.3 Å². The van der Waals surface area contributed by atoms with Gasteiger partial charge in [0.25, 0.3) is 0 Å². The molecule has 1 aliphatic carbocycles. The molecule has 5 nitrogen and oxygen atoms in total. The molecule has 0 aromatic carbocycles. The average Bonchev–Trinajstić information content (AvgIpc) is 2.71. The molecule has 0 bridgehead atoms. The van der Waals surface area contributed by atoms with E-state index in [1.54, 1.807) is 4.57 Å². The molecule has 6 heteroatoms. The normalized spacial score (nSPS) is 23.2. The molecular weight excluding hydrogens is 272 g/mol. The van der Waals surface area contributed by atoms with Crippen molar-refractivity contribution < 1.29 is 4.79 Å². The summed E-state index contributed by atoms with van der Waals surface area (Å²) in [5, 5.41) is 9.76. The van der Waals surface area contributed by atoms with Crippen LogP contribution in [-0.2, 0) is 18.4 Å². The van der Waals surface area contributed by atoms with Gasteiger partial charge in [-0.05, 0) is 37.4 Å². The van der Waals surface area contributed by atoms with Gasteiger partial charge in [-0.1, -0.05) is 25.5 Å². The van der Waals surface area contributed by atoms with Crippen LogP contribution in [0.5, 0.6) is 0 Å². The Bertz CT molecular complexity index is 607. The second-order valence-electron chi connectivity index (χ2n) is 6.29. The number of aromatic nitrogens is 3. The van der Waals surface area contributed by atoms with Gasteiger partial charge in [0.05, 0.1) is 12.5 Å². The first-order valence-corrected chi connectivity index (χ1v) is 7.19. The van der Waals surface area contributed by atoms with Crippen LogP contribution in [0.3, 0.4) is 0 Å². The Morgan fingerprint density at radius 1 is 1.55 bits per heavy atom. The summed E-state index contributed by atoms with van der Waals surface area (Å²) >= 11 is 5.04. The van der Waals surface area contributed by atoms with Crippen LogP contribution in [0.15, 0.2) is 11.6 Å². The monoisotopic (exact) mass is 294 g/mol. The molecule has 1 saturated carbocycles.